The summed E-state index contributed by atoms with van der Waals surface area (Å²) in [6.07, 6.45) is 17.6. The molecule has 2 spiro atoms. The molecular formula is C42H40O20. The van der Waals surface area contributed by atoms with Crippen LogP contribution >= 0.6 is 0 Å². The van der Waals surface area contributed by atoms with Gasteiger partial charge in [-0.25, -0.2) is 28.8 Å². The van der Waals surface area contributed by atoms with Crippen LogP contribution in [-0.2, 0) is 85.7 Å². The smallest absolute Gasteiger partial charge is 0.348 e. The van der Waals surface area contributed by atoms with Crippen molar-refractivity contribution >= 4 is 47.8 Å². The SMILES string of the molecule is C#COC(=O)CCC1(C)OC(=O)C(=C/C=C/C=C/C2=C(O)OC3(CCC4(CC3)OC(=O)C(/C=C/C=C/C=C3C(=O)OC(C)(CCC(=O)OCC)OC3=O)=C(O)O4)OC2=O)C(=O)O1. The number of allylic oxidation sites excluding steroid dienone is 8. The van der Waals surface area contributed by atoms with Gasteiger partial charge in [0, 0.05) is 52.4 Å². The standard InChI is InChI=1S/C42H40O20/c1-5-53-29(43)17-19-39(3)55-31(45)25(32(46)56-39)13-9-7-11-15-27-35(49)59-41(60-36(27)50)21-23-42(24-22-41)61-37(51)28(38(52)62-42)16-12-8-10-14-26-33(47)57-40(4,58-34(26)48)20-18-30(44)54-6-2/h1,7-16,49,51H,6,17-24H2,2-4H3/b9-7+,10-8+,15-11+,16-12+,25-13?,26-14?. The van der Waals surface area contributed by atoms with Gasteiger partial charge in [0.2, 0.25) is 0 Å². The summed E-state index contributed by atoms with van der Waals surface area (Å²) in [5.41, 5.74) is -1.61. The van der Waals surface area contributed by atoms with Gasteiger partial charge in [0.1, 0.15) is 28.4 Å². The number of terminal acetylenes is 1. The van der Waals surface area contributed by atoms with Crippen molar-refractivity contribution in [1.29, 1.82) is 0 Å². The Morgan fingerprint density at radius 2 is 0.984 bits per heavy atom. The number of rotatable bonds is 13. The van der Waals surface area contributed by atoms with Gasteiger partial charge < -0.3 is 57.6 Å². The van der Waals surface area contributed by atoms with Crippen molar-refractivity contribution in [3.63, 3.8) is 0 Å². The first kappa shape index (κ1) is 45.5. The molecule has 328 valence electrons. The maximum atomic E-state index is 12.9. The van der Waals surface area contributed by atoms with E-state index in [2.05, 4.69) is 4.74 Å². The lowest BCUT2D eigenvalue weighted by Gasteiger charge is -2.46. The maximum absolute atomic E-state index is 12.9. The first-order chi connectivity index (χ1) is 29.3. The van der Waals surface area contributed by atoms with Crippen LogP contribution in [0.1, 0.15) is 72.1 Å². The fourth-order valence-electron chi connectivity index (χ4n) is 6.26. The van der Waals surface area contributed by atoms with Gasteiger partial charge in [-0.05, 0) is 31.2 Å². The molecule has 0 radical (unpaired) electrons. The van der Waals surface area contributed by atoms with Gasteiger partial charge in [-0.1, -0.05) is 42.9 Å². The van der Waals surface area contributed by atoms with E-state index in [1.807, 2.05) is 0 Å². The van der Waals surface area contributed by atoms with Gasteiger partial charge in [0.25, 0.3) is 35.0 Å². The predicted molar refractivity (Wildman–Crippen MR) is 202 cm³/mol. The number of carbonyl (C=O) groups is 8. The van der Waals surface area contributed by atoms with E-state index < -0.39 is 93.9 Å². The Bertz CT molecular complexity index is 2170. The van der Waals surface area contributed by atoms with Crippen molar-refractivity contribution in [3.05, 3.63) is 94.9 Å². The van der Waals surface area contributed by atoms with Crippen molar-refractivity contribution in [1.82, 2.24) is 0 Å². The molecule has 2 N–H and O–H groups in total. The third-order valence-corrected chi connectivity index (χ3v) is 9.45. The molecule has 1 saturated carbocycles. The second-order valence-corrected chi connectivity index (χ2v) is 14.1. The van der Waals surface area contributed by atoms with Crippen molar-refractivity contribution in [2.45, 2.75) is 95.3 Å². The normalized spacial score (nSPS) is 27.6. The first-order valence-electron chi connectivity index (χ1n) is 18.9. The number of hydrogen-bond acceptors (Lipinski definition) is 20. The van der Waals surface area contributed by atoms with Crippen LogP contribution in [0.5, 0.6) is 0 Å². The minimum absolute atomic E-state index is 0.107. The van der Waals surface area contributed by atoms with E-state index in [4.69, 9.17) is 49.1 Å². The molecule has 20 heteroatoms. The average molecular weight is 865 g/mol. The van der Waals surface area contributed by atoms with E-state index in [0.717, 1.165) is 24.3 Å². The lowest BCUT2D eigenvalue weighted by atomic mass is 9.87. The van der Waals surface area contributed by atoms with Crippen LogP contribution in [0.25, 0.3) is 0 Å². The first-order valence-corrected chi connectivity index (χ1v) is 18.9. The summed E-state index contributed by atoms with van der Waals surface area (Å²) in [6, 6.07) is 0. The summed E-state index contributed by atoms with van der Waals surface area (Å²) >= 11 is 0. The van der Waals surface area contributed by atoms with Crippen molar-refractivity contribution in [2.24, 2.45) is 0 Å². The molecule has 4 aliphatic heterocycles. The fraction of sp³-hybridized carbons (Fsp3) is 0.381. The fourth-order valence-corrected chi connectivity index (χ4v) is 6.26. The number of aliphatic hydroxyl groups is 2. The number of hydrogen-bond donors (Lipinski definition) is 2. The Labute approximate surface area is 352 Å². The van der Waals surface area contributed by atoms with Crippen LogP contribution in [0.3, 0.4) is 0 Å². The second-order valence-electron chi connectivity index (χ2n) is 14.1. The molecule has 0 atom stereocenters. The van der Waals surface area contributed by atoms with E-state index in [1.54, 1.807) is 13.0 Å². The van der Waals surface area contributed by atoms with E-state index in [0.29, 0.717) is 0 Å². The zero-order chi connectivity index (χ0) is 45.3. The van der Waals surface area contributed by atoms with Crippen molar-refractivity contribution < 1.29 is 95.9 Å². The van der Waals surface area contributed by atoms with Crippen molar-refractivity contribution in [3.8, 4) is 12.5 Å². The van der Waals surface area contributed by atoms with Crippen LogP contribution in [-0.4, -0.2) is 87.7 Å². The summed E-state index contributed by atoms with van der Waals surface area (Å²) in [6.45, 7) is 4.43. The number of esters is 8. The molecule has 0 aromatic heterocycles. The topological polar surface area (TPSA) is 269 Å². The molecule has 0 bridgehead atoms. The molecule has 0 amide bonds. The second kappa shape index (κ2) is 18.8. The Hall–Kier alpha value is -7.56. The summed E-state index contributed by atoms with van der Waals surface area (Å²) in [4.78, 5) is 98.9. The lowest BCUT2D eigenvalue weighted by molar-refractivity contribution is -0.302. The molecule has 0 unspecified atom stereocenters. The van der Waals surface area contributed by atoms with Crippen molar-refractivity contribution in [2.75, 3.05) is 6.61 Å². The highest BCUT2D eigenvalue weighted by atomic mass is 16.8. The highest BCUT2D eigenvalue weighted by Gasteiger charge is 2.55. The molecule has 0 aromatic carbocycles. The molecule has 20 nitrogen and oxygen atoms in total. The van der Waals surface area contributed by atoms with Crippen LogP contribution in [0.15, 0.2) is 94.9 Å². The molecule has 1 aliphatic carbocycles. The number of aliphatic hydroxyl groups excluding tert-OH is 2. The number of ether oxygens (including phenoxy) is 10. The maximum Gasteiger partial charge on any atom is 0.348 e. The molecule has 4 heterocycles. The summed E-state index contributed by atoms with van der Waals surface area (Å²) in [5, 5.41) is 21.3. The van der Waals surface area contributed by atoms with Gasteiger partial charge in [-0.2, -0.15) is 0 Å². The molecular weight excluding hydrogens is 824 g/mol. The minimum Gasteiger partial charge on any atom is -0.480 e. The van der Waals surface area contributed by atoms with Crippen LogP contribution < -0.4 is 0 Å². The molecule has 5 aliphatic rings. The van der Waals surface area contributed by atoms with Gasteiger partial charge in [0.15, 0.2) is 0 Å². The van der Waals surface area contributed by atoms with Gasteiger partial charge in [-0.15, -0.1) is 0 Å². The highest BCUT2D eigenvalue weighted by Crippen LogP contribution is 2.46. The molecule has 5 rings (SSSR count). The minimum atomic E-state index is -1.72. The molecule has 2 saturated heterocycles. The predicted octanol–water partition coefficient (Wildman–Crippen LogP) is 3.61. The Morgan fingerprint density at radius 3 is 1.34 bits per heavy atom. The molecule has 62 heavy (non-hydrogen) atoms. The zero-order valence-electron chi connectivity index (χ0n) is 33.5. The average Bonchev–Trinajstić information content (AvgIpc) is 3.18. The summed E-state index contributed by atoms with van der Waals surface area (Å²) < 4.78 is 52.2. The van der Waals surface area contributed by atoms with Gasteiger partial charge in [-0.3, -0.25) is 9.59 Å². The zero-order valence-corrected chi connectivity index (χ0v) is 33.5. The monoisotopic (exact) mass is 864 g/mol. The Balaban J connectivity index is 1.12. The van der Waals surface area contributed by atoms with E-state index in [-0.39, 0.29) is 69.1 Å². The Morgan fingerprint density at radius 1 is 0.597 bits per heavy atom. The third kappa shape index (κ3) is 11.0. The molecule has 0 aromatic rings. The highest BCUT2D eigenvalue weighted by molar-refractivity contribution is 6.16. The van der Waals surface area contributed by atoms with Crippen LogP contribution in [0, 0.1) is 12.5 Å². The van der Waals surface area contributed by atoms with E-state index in [1.165, 1.54) is 50.3 Å². The van der Waals surface area contributed by atoms with Gasteiger partial charge >= 0.3 is 47.8 Å². The van der Waals surface area contributed by atoms with E-state index in [9.17, 15) is 48.6 Å². The van der Waals surface area contributed by atoms with Crippen LogP contribution in [0.4, 0.5) is 0 Å². The number of carbonyl (C=O) groups excluding carboxylic acids is 8. The van der Waals surface area contributed by atoms with Gasteiger partial charge in [0.05, 0.1) is 19.4 Å². The lowest BCUT2D eigenvalue weighted by Crippen LogP contribution is -2.53. The quantitative estimate of drug-likeness (QED) is 0.0668. The summed E-state index contributed by atoms with van der Waals surface area (Å²) in [7, 11) is 0. The van der Waals surface area contributed by atoms with E-state index >= 15 is 0 Å². The summed E-state index contributed by atoms with van der Waals surface area (Å²) in [5.74, 6) is -15.5. The number of cyclic esters (lactones) is 4. The Kier molecular flexibility index (Phi) is 13.8. The largest absolute Gasteiger partial charge is 0.480 e. The van der Waals surface area contributed by atoms with Crippen LogP contribution in [0.2, 0.25) is 0 Å². The molecule has 3 fully saturated rings. The third-order valence-electron chi connectivity index (χ3n) is 9.45.